The van der Waals surface area contributed by atoms with Gasteiger partial charge in [-0.05, 0) is 26.3 Å². The van der Waals surface area contributed by atoms with Crippen LogP contribution in [0, 0.1) is 5.92 Å². The lowest BCUT2D eigenvalue weighted by Crippen LogP contribution is -2.53. The Labute approximate surface area is 143 Å². The molecule has 2 fully saturated rings. The van der Waals surface area contributed by atoms with E-state index in [1.165, 1.54) is 5.56 Å². The number of ether oxygens (including phenoxy) is 1. The van der Waals surface area contributed by atoms with Gasteiger partial charge in [-0.1, -0.05) is 30.3 Å². The fourth-order valence-electron chi connectivity index (χ4n) is 3.60. The van der Waals surface area contributed by atoms with Crippen molar-refractivity contribution in [2.45, 2.75) is 45.4 Å². The molecule has 2 saturated heterocycles. The Morgan fingerprint density at radius 2 is 1.92 bits per heavy atom. The molecule has 0 aliphatic carbocycles. The van der Waals surface area contributed by atoms with Crippen LogP contribution in [-0.2, 0) is 16.1 Å². The van der Waals surface area contributed by atoms with Gasteiger partial charge >= 0.3 is 6.09 Å². The second kappa shape index (κ2) is 6.55. The SMILES string of the molecule is CC(C)(C)OC(=O)N1CCC(=O)C2CN(Cc3ccccc3)C[C@@H]21. The van der Waals surface area contributed by atoms with Crippen LogP contribution in [0.4, 0.5) is 4.79 Å². The highest BCUT2D eigenvalue weighted by Gasteiger charge is 2.46. The highest BCUT2D eigenvalue weighted by Crippen LogP contribution is 2.30. The molecular formula is C19H26N2O3. The first-order valence-electron chi connectivity index (χ1n) is 8.62. The molecule has 1 unspecified atom stereocenters. The molecule has 2 aliphatic rings. The van der Waals surface area contributed by atoms with Crippen LogP contribution in [0.15, 0.2) is 30.3 Å². The molecule has 1 amide bonds. The van der Waals surface area contributed by atoms with Crippen molar-refractivity contribution in [3.05, 3.63) is 35.9 Å². The molecule has 3 rings (SSSR count). The van der Waals surface area contributed by atoms with Crippen LogP contribution >= 0.6 is 0 Å². The minimum Gasteiger partial charge on any atom is -0.444 e. The number of benzene rings is 1. The number of nitrogens with zero attached hydrogens (tertiary/aromatic N) is 2. The first kappa shape index (κ1) is 17.0. The molecule has 24 heavy (non-hydrogen) atoms. The van der Waals surface area contributed by atoms with Gasteiger partial charge in [0.05, 0.1) is 12.0 Å². The van der Waals surface area contributed by atoms with Crippen LogP contribution in [-0.4, -0.2) is 53.0 Å². The van der Waals surface area contributed by atoms with E-state index in [0.717, 1.165) is 19.6 Å². The summed E-state index contributed by atoms with van der Waals surface area (Å²) in [6.07, 6.45) is 0.131. The first-order chi connectivity index (χ1) is 11.3. The van der Waals surface area contributed by atoms with Crippen molar-refractivity contribution in [2.75, 3.05) is 19.6 Å². The normalized spacial score (nSPS) is 24.8. The van der Waals surface area contributed by atoms with Gasteiger partial charge in [-0.15, -0.1) is 0 Å². The van der Waals surface area contributed by atoms with E-state index in [4.69, 9.17) is 4.74 Å². The standard InChI is InChI=1S/C19H26N2O3/c1-19(2,3)24-18(23)21-10-9-17(22)15-12-20(13-16(15)21)11-14-7-5-4-6-8-14/h4-8,15-16H,9-13H2,1-3H3/t15?,16-/m0/s1. The maximum atomic E-state index is 12.5. The van der Waals surface area contributed by atoms with Gasteiger partial charge in [-0.3, -0.25) is 9.69 Å². The summed E-state index contributed by atoms with van der Waals surface area (Å²) in [7, 11) is 0. The summed E-state index contributed by atoms with van der Waals surface area (Å²) in [4.78, 5) is 28.9. The zero-order valence-corrected chi connectivity index (χ0v) is 14.7. The van der Waals surface area contributed by atoms with E-state index in [0.29, 0.717) is 13.0 Å². The summed E-state index contributed by atoms with van der Waals surface area (Å²) < 4.78 is 5.53. The second-order valence-electron chi connectivity index (χ2n) is 7.74. The highest BCUT2D eigenvalue weighted by molar-refractivity contribution is 5.85. The molecule has 2 atom stereocenters. The quantitative estimate of drug-likeness (QED) is 0.836. The summed E-state index contributed by atoms with van der Waals surface area (Å²) >= 11 is 0. The van der Waals surface area contributed by atoms with Gasteiger partial charge in [0.1, 0.15) is 11.4 Å². The van der Waals surface area contributed by atoms with Crippen molar-refractivity contribution in [2.24, 2.45) is 5.92 Å². The van der Waals surface area contributed by atoms with Crippen LogP contribution in [0.2, 0.25) is 0 Å². The molecule has 0 aromatic heterocycles. The van der Waals surface area contributed by atoms with Crippen molar-refractivity contribution in [3.63, 3.8) is 0 Å². The van der Waals surface area contributed by atoms with Gasteiger partial charge in [0.2, 0.25) is 0 Å². The minimum absolute atomic E-state index is 0.0650. The smallest absolute Gasteiger partial charge is 0.410 e. The van der Waals surface area contributed by atoms with E-state index in [-0.39, 0.29) is 23.8 Å². The van der Waals surface area contributed by atoms with E-state index < -0.39 is 5.60 Å². The Balaban J connectivity index is 1.70. The van der Waals surface area contributed by atoms with E-state index in [2.05, 4.69) is 17.0 Å². The third-order valence-corrected chi connectivity index (χ3v) is 4.65. The lowest BCUT2D eigenvalue weighted by molar-refractivity contribution is -0.126. The van der Waals surface area contributed by atoms with Gasteiger partial charge in [0.25, 0.3) is 0 Å². The molecular weight excluding hydrogens is 304 g/mol. The van der Waals surface area contributed by atoms with Crippen molar-refractivity contribution < 1.29 is 14.3 Å². The Bertz CT molecular complexity index is 609. The largest absolute Gasteiger partial charge is 0.444 e. The number of carbonyl (C=O) groups is 2. The van der Waals surface area contributed by atoms with Gasteiger partial charge < -0.3 is 9.64 Å². The third kappa shape index (κ3) is 3.78. The van der Waals surface area contributed by atoms with E-state index >= 15 is 0 Å². The molecule has 5 nitrogen and oxygen atoms in total. The second-order valence-corrected chi connectivity index (χ2v) is 7.74. The van der Waals surface area contributed by atoms with Crippen LogP contribution in [0.5, 0.6) is 0 Å². The van der Waals surface area contributed by atoms with Gasteiger partial charge in [-0.2, -0.15) is 0 Å². The van der Waals surface area contributed by atoms with Crippen LogP contribution in [0.3, 0.4) is 0 Å². The molecule has 0 radical (unpaired) electrons. The van der Waals surface area contributed by atoms with Gasteiger partial charge in [-0.25, -0.2) is 4.79 Å². The first-order valence-corrected chi connectivity index (χ1v) is 8.62. The molecule has 0 N–H and O–H groups in total. The predicted molar refractivity (Wildman–Crippen MR) is 91.6 cm³/mol. The van der Waals surface area contributed by atoms with Crippen molar-refractivity contribution in [3.8, 4) is 0 Å². The van der Waals surface area contributed by atoms with E-state index in [9.17, 15) is 9.59 Å². The molecule has 0 spiro atoms. The molecule has 2 aliphatic heterocycles. The third-order valence-electron chi connectivity index (χ3n) is 4.65. The van der Waals surface area contributed by atoms with Crippen LogP contribution in [0.1, 0.15) is 32.8 Å². The van der Waals surface area contributed by atoms with Gasteiger partial charge in [0.15, 0.2) is 0 Å². The lowest BCUT2D eigenvalue weighted by Gasteiger charge is -2.37. The average molecular weight is 330 g/mol. The lowest BCUT2D eigenvalue weighted by atomic mass is 9.91. The maximum Gasteiger partial charge on any atom is 0.410 e. The van der Waals surface area contributed by atoms with Crippen LogP contribution in [0.25, 0.3) is 0 Å². The molecule has 0 bridgehead atoms. The van der Waals surface area contributed by atoms with E-state index in [1.54, 1.807) is 4.90 Å². The molecule has 5 heteroatoms. The van der Waals surface area contributed by atoms with Crippen LogP contribution < -0.4 is 0 Å². The number of fused-ring (bicyclic) bond motifs is 1. The zero-order valence-electron chi connectivity index (χ0n) is 14.7. The molecule has 2 heterocycles. The Morgan fingerprint density at radius 3 is 2.58 bits per heavy atom. The minimum atomic E-state index is -0.517. The summed E-state index contributed by atoms with van der Waals surface area (Å²) in [5.74, 6) is 0.186. The Kier molecular flexibility index (Phi) is 4.63. The molecule has 0 saturated carbocycles. The highest BCUT2D eigenvalue weighted by atomic mass is 16.6. The number of amides is 1. The number of likely N-dealkylation sites (tertiary alicyclic amines) is 2. The zero-order chi connectivity index (χ0) is 17.3. The number of Topliss-reactive ketones (excluding diaryl/α,β-unsaturated/α-hetero) is 1. The summed E-state index contributed by atoms with van der Waals surface area (Å²) in [5, 5.41) is 0. The van der Waals surface area contributed by atoms with Crippen molar-refractivity contribution in [1.82, 2.24) is 9.80 Å². The number of ketones is 1. The monoisotopic (exact) mass is 330 g/mol. The Morgan fingerprint density at radius 1 is 1.21 bits per heavy atom. The predicted octanol–water partition coefficient (Wildman–Crippen LogP) is 2.70. The average Bonchev–Trinajstić information content (AvgIpc) is 2.91. The van der Waals surface area contributed by atoms with Gasteiger partial charge in [0, 0.05) is 32.6 Å². The molecule has 130 valence electrons. The fourth-order valence-corrected chi connectivity index (χ4v) is 3.60. The molecule has 1 aromatic carbocycles. The van der Waals surface area contributed by atoms with Crippen molar-refractivity contribution >= 4 is 11.9 Å². The number of hydrogen-bond donors (Lipinski definition) is 0. The summed E-state index contributed by atoms with van der Waals surface area (Å²) in [5.41, 5.74) is 0.712. The van der Waals surface area contributed by atoms with E-state index in [1.807, 2.05) is 39.0 Å². The summed E-state index contributed by atoms with van der Waals surface area (Å²) in [6.45, 7) is 8.33. The summed E-state index contributed by atoms with van der Waals surface area (Å²) in [6, 6.07) is 10.2. The maximum absolute atomic E-state index is 12.5. The number of piperidine rings is 1. The number of rotatable bonds is 2. The fraction of sp³-hybridized carbons (Fsp3) is 0.579. The molecule has 1 aromatic rings. The topological polar surface area (TPSA) is 49.9 Å². The Hall–Kier alpha value is -1.88. The number of carbonyl (C=O) groups excluding carboxylic acids is 2. The number of hydrogen-bond acceptors (Lipinski definition) is 4. The van der Waals surface area contributed by atoms with Crippen molar-refractivity contribution in [1.29, 1.82) is 0 Å².